The molecule has 0 aliphatic rings. The number of halogens is 3. The van der Waals surface area contributed by atoms with Crippen molar-refractivity contribution in [2.45, 2.75) is 6.36 Å². The number of furan rings is 1. The second-order valence-corrected chi connectivity index (χ2v) is 3.46. The van der Waals surface area contributed by atoms with Crippen LogP contribution in [0.25, 0.3) is 11.3 Å². The Balaban J connectivity index is 2.51. The minimum absolute atomic E-state index is 0.0444. The molecule has 1 aromatic carbocycles. The van der Waals surface area contributed by atoms with Crippen LogP contribution in [0.1, 0.15) is 0 Å². The molecule has 5 nitrogen and oxygen atoms in total. The maximum Gasteiger partial charge on any atom is 0.573 e. The summed E-state index contributed by atoms with van der Waals surface area (Å²) in [6.07, 6.45) is -3.65. The van der Waals surface area contributed by atoms with E-state index in [0.717, 1.165) is 18.2 Å². The van der Waals surface area contributed by atoms with Gasteiger partial charge in [0.15, 0.2) is 0 Å². The molecule has 1 heterocycles. The van der Waals surface area contributed by atoms with Gasteiger partial charge in [-0.05, 0) is 18.2 Å². The Labute approximate surface area is 104 Å². The first-order chi connectivity index (χ1) is 8.87. The average Bonchev–Trinajstić information content (AvgIpc) is 2.80. The molecule has 0 atom stereocenters. The van der Waals surface area contributed by atoms with Crippen LogP contribution in [-0.4, -0.2) is 11.3 Å². The summed E-state index contributed by atoms with van der Waals surface area (Å²) in [5, 5.41) is 10.6. The Morgan fingerprint density at radius 3 is 2.53 bits per heavy atom. The standard InChI is InChI=1S/C11H6F3NO4/c12-11(13,14)19-10-4-3-7(15(16)17)6-8(10)9-2-1-5-18-9/h1-6H. The van der Waals surface area contributed by atoms with E-state index < -0.39 is 17.0 Å². The molecule has 100 valence electrons. The summed E-state index contributed by atoms with van der Waals surface area (Å²) in [4.78, 5) is 9.91. The topological polar surface area (TPSA) is 65.5 Å². The first-order valence-corrected chi connectivity index (χ1v) is 4.95. The van der Waals surface area contributed by atoms with Crippen molar-refractivity contribution in [1.29, 1.82) is 0 Å². The lowest BCUT2D eigenvalue weighted by Gasteiger charge is -2.11. The number of rotatable bonds is 3. The monoisotopic (exact) mass is 273 g/mol. The predicted octanol–water partition coefficient (Wildman–Crippen LogP) is 3.75. The minimum Gasteiger partial charge on any atom is -0.464 e. The minimum atomic E-state index is -4.89. The van der Waals surface area contributed by atoms with Gasteiger partial charge >= 0.3 is 6.36 Å². The van der Waals surface area contributed by atoms with Crippen LogP contribution in [0.2, 0.25) is 0 Å². The first-order valence-electron chi connectivity index (χ1n) is 4.95. The fourth-order valence-corrected chi connectivity index (χ4v) is 1.47. The van der Waals surface area contributed by atoms with Gasteiger partial charge in [-0.15, -0.1) is 13.2 Å². The third kappa shape index (κ3) is 3.03. The van der Waals surface area contributed by atoms with E-state index in [0.29, 0.717) is 0 Å². The lowest BCUT2D eigenvalue weighted by Crippen LogP contribution is -2.17. The zero-order chi connectivity index (χ0) is 14.0. The highest BCUT2D eigenvalue weighted by molar-refractivity contribution is 5.68. The fraction of sp³-hybridized carbons (Fsp3) is 0.0909. The van der Waals surface area contributed by atoms with Crippen LogP contribution in [0.4, 0.5) is 18.9 Å². The molecule has 2 rings (SSSR count). The average molecular weight is 273 g/mol. The normalized spacial score (nSPS) is 11.3. The first kappa shape index (κ1) is 12.9. The van der Waals surface area contributed by atoms with Crippen LogP contribution in [0.5, 0.6) is 5.75 Å². The molecule has 1 aromatic heterocycles. The number of non-ortho nitro benzene ring substituents is 1. The molecular weight excluding hydrogens is 267 g/mol. The highest BCUT2D eigenvalue weighted by Gasteiger charge is 2.33. The molecule has 0 aliphatic carbocycles. The van der Waals surface area contributed by atoms with Gasteiger partial charge in [0.25, 0.3) is 5.69 Å². The van der Waals surface area contributed by atoms with Crippen LogP contribution in [-0.2, 0) is 0 Å². The van der Waals surface area contributed by atoms with E-state index in [4.69, 9.17) is 4.42 Å². The summed E-state index contributed by atoms with van der Waals surface area (Å²) < 4.78 is 45.5. The van der Waals surface area contributed by atoms with Crippen molar-refractivity contribution in [3.8, 4) is 17.1 Å². The number of hydrogen-bond acceptors (Lipinski definition) is 4. The summed E-state index contributed by atoms with van der Waals surface area (Å²) in [5.41, 5.74) is -0.502. The van der Waals surface area contributed by atoms with E-state index in [9.17, 15) is 23.3 Å². The van der Waals surface area contributed by atoms with E-state index in [1.807, 2.05) is 0 Å². The van der Waals surface area contributed by atoms with Gasteiger partial charge in [-0.25, -0.2) is 0 Å². The number of nitrogens with zero attached hydrogens (tertiary/aromatic N) is 1. The molecule has 0 aliphatic heterocycles. The Morgan fingerprint density at radius 1 is 1.26 bits per heavy atom. The lowest BCUT2D eigenvalue weighted by molar-refractivity contribution is -0.384. The van der Waals surface area contributed by atoms with Crippen molar-refractivity contribution in [2.24, 2.45) is 0 Å². The van der Waals surface area contributed by atoms with Crippen molar-refractivity contribution >= 4 is 5.69 Å². The van der Waals surface area contributed by atoms with Crippen LogP contribution < -0.4 is 4.74 Å². The molecule has 0 bridgehead atoms. The predicted molar refractivity (Wildman–Crippen MR) is 57.5 cm³/mol. The molecule has 0 radical (unpaired) electrons. The van der Waals surface area contributed by atoms with Crippen molar-refractivity contribution in [3.05, 3.63) is 46.7 Å². The van der Waals surface area contributed by atoms with E-state index in [2.05, 4.69) is 4.74 Å². The van der Waals surface area contributed by atoms with Gasteiger partial charge in [-0.3, -0.25) is 10.1 Å². The van der Waals surface area contributed by atoms with E-state index in [1.54, 1.807) is 0 Å². The number of ether oxygens (including phenoxy) is 1. The molecule has 0 unspecified atom stereocenters. The van der Waals surface area contributed by atoms with E-state index in [-0.39, 0.29) is 17.0 Å². The molecule has 0 saturated heterocycles. The molecular formula is C11H6F3NO4. The van der Waals surface area contributed by atoms with Crippen LogP contribution >= 0.6 is 0 Å². The third-order valence-electron chi connectivity index (χ3n) is 2.19. The van der Waals surface area contributed by atoms with Crippen molar-refractivity contribution in [3.63, 3.8) is 0 Å². The van der Waals surface area contributed by atoms with E-state index in [1.165, 1.54) is 18.4 Å². The fourth-order valence-electron chi connectivity index (χ4n) is 1.47. The SMILES string of the molecule is O=[N+]([O-])c1ccc(OC(F)(F)F)c(-c2ccco2)c1. The molecule has 0 saturated carbocycles. The van der Waals surface area contributed by atoms with Crippen LogP contribution in [0, 0.1) is 10.1 Å². The second-order valence-electron chi connectivity index (χ2n) is 3.46. The van der Waals surface area contributed by atoms with Crippen LogP contribution in [0.3, 0.4) is 0 Å². The smallest absolute Gasteiger partial charge is 0.464 e. The third-order valence-corrected chi connectivity index (χ3v) is 2.19. The highest BCUT2D eigenvalue weighted by atomic mass is 19.4. The molecule has 2 aromatic rings. The number of hydrogen-bond donors (Lipinski definition) is 0. The summed E-state index contributed by atoms with van der Waals surface area (Å²) in [6.45, 7) is 0. The largest absolute Gasteiger partial charge is 0.573 e. The molecule has 0 amide bonds. The van der Waals surface area contributed by atoms with Gasteiger partial charge in [-0.1, -0.05) is 0 Å². The number of nitro groups is 1. The number of nitro benzene ring substituents is 1. The van der Waals surface area contributed by atoms with Gasteiger partial charge in [0, 0.05) is 12.1 Å². The maximum atomic E-state index is 12.2. The number of benzene rings is 1. The highest BCUT2D eigenvalue weighted by Crippen LogP contribution is 2.36. The number of alkyl halides is 3. The molecule has 19 heavy (non-hydrogen) atoms. The summed E-state index contributed by atoms with van der Waals surface area (Å²) in [5.74, 6) is -0.518. The Hall–Kier alpha value is -2.51. The van der Waals surface area contributed by atoms with Gasteiger partial charge in [0.2, 0.25) is 0 Å². The van der Waals surface area contributed by atoms with Crippen LogP contribution in [0.15, 0.2) is 41.0 Å². The summed E-state index contributed by atoms with van der Waals surface area (Å²) in [7, 11) is 0. The molecule has 0 N–H and O–H groups in total. The van der Waals surface area contributed by atoms with E-state index >= 15 is 0 Å². The summed E-state index contributed by atoms with van der Waals surface area (Å²) >= 11 is 0. The molecule has 0 spiro atoms. The Morgan fingerprint density at radius 2 is 2.00 bits per heavy atom. The maximum absolute atomic E-state index is 12.2. The quantitative estimate of drug-likeness (QED) is 0.631. The zero-order valence-corrected chi connectivity index (χ0v) is 9.18. The van der Waals surface area contributed by atoms with Crippen molar-refractivity contribution in [1.82, 2.24) is 0 Å². The Bertz CT molecular complexity index is 592. The molecule has 0 fully saturated rings. The molecule has 8 heteroatoms. The Kier molecular flexibility index (Phi) is 3.16. The van der Waals surface area contributed by atoms with Gasteiger partial charge in [-0.2, -0.15) is 0 Å². The van der Waals surface area contributed by atoms with Crippen molar-refractivity contribution < 1.29 is 27.2 Å². The van der Waals surface area contributed by atoms with Crippen molar-refractivity contribution in [2.75, 3.05) is 0 Å². The second kappa shape index (κ2) is 4.63. The van der Waals surface area contributed by atoms with Gasteiger partial charge in [0.05, 0.1) is 16.7 Å². The van der Waals surface area contributed by atoms with Gasteiger partial charge < -0.3 is 9.15 Å². The van der Waals surface area contributed by atoms with Gasteiger partial charge in [0.1, 0.15) is 11.5 Å². The summed E-state index contributed by atoms with van der Waals surface area (Å²) in [6, 6.07) is 5.59. The lowest BCUT2D eigenvalue weighted by atomic mass is 10.1. The zero-order valence-electron chi connectivity index (χ0n) is 9.18.